The molecule has 0 spiro atoms. The van der Waals surface area contributed by atoms with Crippen LogP contribution in [0.2, 0.25) is 5.02 Å². The molecule has 14 heavy (non-hydrogen) atoms. The first-order valence-electron chi connectivity index (χ1n) is 4.99. The minimum atomic E-state index is 0.326. The van der Waals surface area contributed by atoms with E-state index >= 15 is 0 Å². The Bertz CT molecular complexity index is 307. The zero-order chi connectivity index (χ0) is 10.4. The standard InChI is InChI=1S/C12H15ClO/c1-2-5-11(14)9-8-10-6-3-4-7-12(10)13/h3-4,6-7H,2,5,8-9H2,1H3. The predicted octanol–water partition coefficient (Wildman–Crippen LogP) is 3.64. The topological polar surface area (TPSA) is 17.1 Å². The summed E-state index contributed by atoms with van der Waals surface area (Å²) < 4.78 is 0. The Labute approximate surface area is 90.1 Å². The van der Waals surface area contributed by atoms with Crippen LogP contribution in [0.3, 0.4) is 0 Å². The summed E-state index contributed by atoms with van der Waals surface area (Å²) in [7, 11) is 0. The molecule has 0 fully saturated rings. The van der Waals surface area contributed by atoms with Crippen LogP contribution in [0.25, 0.3) is 0 Å². The fourth-order valence-corrected chi connectivity index (χ4v) is 1.61. The Kier molecular flexibility index (Phi) is 4.68. The summed E-state index contributed by atoms with van der Waals surface area (Å²) in [5.41, 5.74) is 1.07. The third kappa shape index (κ3) is 3.51. The molecule has 0 atom stereocenters. The molecule has 1 aromatic rings. The summed E-state index contributed by atoms with van der Waals surface area (Å²) in [6, 6.07) is 7.69. The van der Waals surface area contributed by atoms with Crippen LogP contribution < -0.4 is 0 Å². The monoisotopic (exact) mass is 210 g/mol. The van der Waals surface area contributed by atoms with E-state index in [0.717, 1.165) is 23.4 Å². The van der Waals surface area contributed by atoms with Crippen LogP contribution in [0.4, 0.5) is 0 Å². The van der Waals surface area contributed by atoms with Gasteiger partial charge in [-0.15, -0.1) is 0 Å². The number of Topliss-reactive ketones (excluding diaryl/α,β-unsaturated/α-hetero) is 1. The quantitative estimate of drug-likeness (QED) is 0.725. The Morgan fingerprint density at radius 2 is 2.00 bits per heavy atom. The van der Waals surface area contributed by atoms with Crippen LogP contribution >= 0.6 is 11.6 Å². The van der Waals surface area contributed by atoms with Crippen molar-refractivity contribution in [2.24, 2.45) is 0 Å². The molecule has 0 aliphatic heterocycles. The molecule has 0 unspecified atom stereocenters. The van der Waals surface area contributed by atoms with Crippen molar-refractivity contribution in [2.75, 3.05) is 0 Å². The van der Waals surface area contributed by atoms with E-state index in [1.54, 1.807) is 0 Å². The van der Waals surface area contributed by atoms with Gasteiger partial charge in [-0.3, -0.25) is 4.79 Å². The summed E-state index contributed by atoms with van der Waals surface area (Å²) in [5, 5.41) is 0.761. The number of rotatable bonds is 5. The van der Waals surface area contributed by atoms with E-state index in [1.165, 1.54) is 0 Å². The first-order valence-corrected chi connectivity index (χ1v) is 5.37. The van der Waals surface area contributed by atoms with Crippen LogP contribution in [0.1, 0.15) is 31.7 Å². The van der Waals surface area contributed by atoms with Crippen LogP contribution in [-0.4, -0.2) is 5.78 Å². The van der Waals surface area contributed by atoms with Gasteiger partial charge in [0.15, 0.2) is 0 Å². The second-order valence-corrected chi connectivity index (χ2v) is 3.79. The number of carbonyl (C=O) groups excluding carboxylic acids is 1. The Hall–Kier alpha value is -0.820. The number of hydrogen-bond donors (Lipinski definition) is 0. The Morgan fingerprint density at radius 1 is 1.29 bits per heavy atom. The van der Waals surface area contributed by atoms with Gasteiger partial charge in [-0.1, -0.05) is 36.7 Å². The molecule has 0 aliphatic rings. The lowest BCUT2D eigenvalue weighted by Crippen LogP contribution is -1.99. The van der Waals surface area contributed by atoms with Crippen LogP contribution in [0, 0.1) is 0 Å². The average Bonchev–Trinajstić information content (AvgIpc) is 2.17. The van der Waals surface area contributed by atoms with Crippen molar-refractivity contribution in [2.45, 2.75) is 32.6 Å². The molecule has 0 amide bonds. The lowest BCUT2D eigenvalue weighted by Gasteiger charge is -2.02. The molecule has 0 radical (unpaired) electrons. The maximum atomic E-state index is 11.3. The molecule has 2 heteroatoms. The highest BCUT2D eigenvalue weighted by atomic mass is 35.5. The van der Waals surface area contributed by atoms with Gasteiger partial charge in [0.25, 0.3) is 0 Å². The molecule has 1 aromatic carbocycles. The summed E-state index contributed by atoms with van der Waals surface area (Å²) in [6.45, 7) is 2.02. The second-order valence-electron chi connectivity index (χ2n) is 3.38. The maximum Gasteiger partial charge on any atom is 0.133 e. The Morgan fingerprint density at radius 3 is 2.64 bits per heavy atom. The number of benzene rings is 1. The minimum absolute atomic E-state index is 0.326. The van der Waals surface area contributed by atoms with E-state index in [0.29, 0.717) is 18.6 Å². The zero-order valence-electron chi connectivity index (χ0n) is 8.42. The van der Waals surface area contributed by atoms with Crippen molar-refractivity contribution in [3.63, 3.8) is 0 Å². The van der Waals surface area contributed by atoms with Crippen molar-refractivity contribution < 1.29 is 4.79 Å². The van der Waals surface area contributed by atoms with Crippen molar-refractivity contribution in [1.29, 1.82) is 0 Å². The van der Waals surface area contributed by atoms with Gasteiger partial charge in [-0.05, 0) is 24.5 Å². The molecule has 0 bridgehead atoms. The first-order chi connectivity index (χ1) is 6.74. The van der Waals surface area contributed by atoms with Gasteiger partial charge in [0.2, 0.25) is 0 Å². The Balaban J connectivity index is 2.46. The summed E-state index contributed by atoms with van der Waals surface area (Å²) in [6.07, 6.45) is 2.99. The second kappa shape index (κ2) is 5.82. The van der Waals surface area contributed by atoms with Gasteiger partial charge >= 0.3 is 0 Å². The van der Waals surface area contributed by atoms with Gasteiger partial charge < -0.3 is 0 Å². The lowest BCUT2D eigenvalue weighted by molar-refractivity contribution is -0.119. The summed E-state index contributed by atoms with van der Waals surface area (Å²) in [5.74, 6) is 0.326. The summed E-state index contributed by atoms with van der Waals surface area (Å²) >= 11 is 5.97. The predicted molar refractivity (Wildman–Crippen MR) is 59.7 cm³/mol. The van der Waals surface area contributed by atoms with E-state index in [1.807, 2.05) is 31.2 Å². The van der Waals surface area contributed by atoms with Crippen molar-refractivity contribution in [1.82, 2.24) is 0 Å². The smallest absolute Gasteiger partial charge is 0.133 e. The average molecular weight is 211 g/mol. The van der Waals surface area contributed by atoms with Gasteiger partial charge in [0.05, 0.1) is 0 Å². The van der Waals surface area contributed by atoms with Crippen molar-refractivity contribution in [3.05, 3.63) is 34.9 Å². The molecule has 0 N–H and O–H groups in total. The normalized spacial score (nSPS) is 10.1. The highest BCUT2D eigenvalue weighted by Gasteiger charge is 2.03. The maximum absolute atomic E-state index is 11.3. The number of carbonyl (C=O) groups is 1. The molecule has 0 heterocycles. The number of halogens is 1. The number of hydrogen-bond acceptors (Lipinski definition) is 1. The fourth-order valence-electron chi connectivity index (χ4n) is 1.38. The molecule has 0 aromatic heterocycles. The van der Waals surface area contributed by atoms with Gasteiger partial charge in [-0.2, -0.15) is 0 Å². The third-order valence-corrected chi connectivity index (χ3v) is 2.53. The van der Waals surface area contributed by atoms with Crippen LogP contribution in [0.15, 0.2) is 24.3 Å². The van der Waals surface area contributed by atoms with E-state index < -0.39 is 0 Å². The van der Waals surface area contributed by atoms with E-state index in [4.69, 9.17) is 11.6 Å². The molecular weight excluding hydrogens is 196 g/mol. The van der Waals surface area contributed by atoms with Crippen molar-refractivity contribution in [3.8, 4) is 0 Å². The highest BCUT2D eigenvalue weighted by Crippen LogP contribution is 2.16. The van der Waals surface area contributed by atoms with Crippen LogP contribution in [0.5, 0.6) is 0 Å². The van der Waals surface area contributed by atoms with Gasteiger partial charge in [0.1, 0.15) is 5.78 Å². The molecule has 0 saturated heterocycles. The van der Waals surface area contributed by atoms with Crippen molar-refractivity contribution >= 4 is 17.4 Å². The van der Waals surface area contributed by atoms with Gasteiger partial charge in [-0.25, -0.2) is 0 Å². The van der Waals surface area contributed by atoms with Crippen LogP contribution in [-0.2, 0) is 11.2 Å². The van der Waals surface area contributed by atoms with Gasteiger partial charge in [0, 0.05) is 17.9 Å². The molecular formula is C12H15ClO. The lowest BCUT2D eigenvalue weighted by atomic mass is 10.1. The third-order valence-electron chi connectivity index (χ3n) is 2.16. The largest absolute Gasteiger partial charge is 0.300 e. The number of aryl methyl sites for hydroxylation is 1. The zero-order valence-corrected chi connectivity index (χ0v) is 9.18. The SMILES string of the molecule is CCCC(=O)CCc1ccccc1Cl. The highest BCUT2D eigenvalue weighted by molar-refractivity contribution is 6.31. The molecule has 0 saturated carbocycles. The van der Waals surface area contributed by atoms with E-state index in [2.05, 4.69) is 0 Å². The van der Waals surface area contributed by atoms with E-state index in [9.17, 15) is 4.79 Å². The summed E-state index contributed by atoms with van der Waals surface area (Å²) in [4.78, 5) is 11.3. The minimum Gasteiger partial charge on any atom is -0.300 e. The molecule has 1 rings (SSSR count). The first kappa shape index (κ1) is 11.3. The molecule has 0 aliphatic carbocycles. The molecule has 1 nitrogen and oxygen atoms in total. The van der Waals surface area contributed by atoms with E-state index in [-0.39, 0.29) is 0 Å². The fraction of sp³-hybridized carbons (Fsp3) is 0.417. The molecule has 76 valence electrons. The number of ketones is 1.